The van der Waals surface area contributed by atoms with Crippen LogP contribution in [0.1, 0.15) is 51.9 Å². The summed E-state index contributed by atoms with van der Waals surface area (Å²) in [5.74, 6) is -1.69. The standard InChI is InChI=1S/C27H32F2N2O2/c1-16-12-20-19-8-4-5-9-23(19)30-26(20)27(31(16)15-17-6-2-3-7-17)25-21(28)13-18(14-22(25)29)10-11-24(32)33/h4-5,8,10-11,13,16-18,22-23,30H,2-3,6-7,9,12,14-15H2,1H3,(H,32,33)/b11-10+,27-25-/t16-,18?,22?,23?/m1/s1. The van der Waals surface area contributed by atoms with E-state index >= 15 is 8.78 Å². The number of aliphatic carboxylic acids is 1. The molecule has 0 radical (unpaired) electrons. The number of alkyl halides is 1. The van der Waals surface area contributed by atoms with Crippen molar-refractivity contribution in [2.45, 2.75) is 70.1 Å². The van der Waals surface area contributed by atoms with Gasteiger partial charge in [0.2, 0.25) is 0 Å². The molecular weight excluding hydrogens is 422 g/mol. The van der Waals surface area contributed by atoms with Gasteiger partial charge in [0.15, 0.2) is 0 Å². The first kappa shape index (κ1) is 22.2. The van der Waals surface area contributed by atoms with Crippen LogP contribution < -0.4 is 5.32 Å². The van der Waals surface area contributed by atoms with Crippen LogP contribution >= 0.6 is 0 Å². The van der Waals surface area contributed by atoms with Crippen LogP contribution in [0, 0.1) is 11.8 Å². The largest absolute Gasteiger partial charge is 0.478 e. The Balaban J connectivity index is 1.60. The van der Waals surface area contributed by atoms with E-state index in [0.717, 1.165) is 31.2 Å². The number of carboxylic acids is 1. The van der Waals surface area contributed by atoms with Crippen LogP contribution in [0.3, 0.4) is 0 Å². The van der Waals surface area contributed by atoms with Gasteiger partial charge in [0.25, 0.3) is 0 Å². The van der Waals surface area contributed by atoms with Gasteiger partial charge in [-0.1, -0.05) is 37.1 Å². The lowest BCUT2D eigenvalue weighted by molar-refractivity contribution is -0.131. The summed E-state index contributed by atoms with van der Waals surface area (Å²) in [7, 11) is 0. The van der Waals surface area contributed by atoms with Crippen LogP contribution in [0.2, 0.25) is 0 Å². The summed E-state index contributed by atoms with van der Waals surface area (Å²) in [4.78, 5) is 13.1. The summed E-state index contributed by atoms with van der Waals surface area (Å²) in [5, 5.41) is 12.5. The Morgan fingerprint density at radius 3 is 2.85 bits per heavy atom. The van der Waals surface area contributed by atoms with Gasteiger partial charge in [0.1, 0.15) is 12.0 Å². The molecule has 0 amide bonds. The second-order valence-corrected chi connectivity index (χ2v) is 10.0. The highest BCUT2D eigenvalue weighted by molar-refractivity contribution is 5.79. The lowest BCUT2D eigenvalue weighted by Crippen LogP contribution is -2.43. The smallest absolute Gasteiger partial charge is 0.327 e. The van der Waals surface area contributed by atoms with Crippen molar-refractivity contribution in [3.05, 3.63) is 70.4 Å². The topological polar surface area (TPSA) is 52.6 Å². The number of carboxylic acid groups (broad SMARTS) is 1. The van der Waals surface area contributed by atoms with Crippen molar-refractivity contribution in [1.82, 2.24) is 10.2 Å². The fourth-order valence-corrected chi connectivity index (χ4v) is 6.17. The minimum Gasteiger partial charge on any atom is -0.478 e. The minimum atomic E-state index is -1.49. The van der Waals surface area contributed by atoms with Crippen molar-refractivity contribution in [2.75, 3.05) is 6.54 Å². The molecule has 1 saturated carbocycles. The predicted octanol–water partition coefficient (Wildman–Crippen LogP) is 5.49. The molecular formula is C27H32F2N2O2. The molecule has 0 bridgehead atoms. The number of allylic oxidation sites excluding steroid dienone is 6. The number of carbonyl (C=O) groups is 1. The molecule has 176 valence electrons. The zero-order chi connectivity index (χ0) is 23.1. The molecule has 0 aromatic heterocycles. The molecule has 2 aliphatic heterocycles. The van der Waals surface area contributed by atoms with E-state index in [9.17, 15) is 4.79 Å². The van der Waals surface area contributed by atoms with Crippen LogP contribution in [-0.4, -0.2) is 40.8 Å². The third-order valence-corrected chi connectivity index (χ3v) is 7.76. The molecule has 33 heavy (non-hydrogen) atoms. The van der Waals surface area contributed by atoms with Crippen LogP contribution in [-0.2, 0) is 4.79 Å². The maximum Gasteiger partial charge on any atom is 0.327 e. The van der Waals surface area contributed by atoms with E-state index in [-0.39, 0.29) is 24.1 Å². The Morgan fingerprint density at radius 2 is 2.12 bits per heavy atom. The van der Waals surface area contributed by atoms with Crippen LogP contribution in [0.25, 0.3) is 0 Å². The summed E-state index contributed by atoms with van der Waals surface area (Å²) in [6.07, 6.45) is 15.2. The predicted molar refractivity (Wildman–Crippen MR) is 125 cm³/mol. The highest BCUT2D eigenvalue weighted by Gasteiger charge is 2.42. The molecule has 1 fully saturated rings. The number of halogens is 2. The Hall–Kier alpha value is -2.63. The summed E-state index contributed by atoms with van der Waals surface area (Å²) in [5.41, 5.74) is 4.15. The summed E-state index contributed by atoms with van der Waals surface area (Å²) < 4.78 is 31.3. The molecule has 6 heteroatoms. The first-order chi connectivity index (χ1) is 15.9. The van der Waals surface area contributed by atoms with E-state index in [1.807, 2.05) is 0 Å². The molecule has 0 aromatic carbocycles. The van der Waals surface area contributed by atoms with Crippen LogP contribution in [0.4, 0.5) is 8.78 Å². The lowest BCUT2D eigenvalue weighted by atomic mass is 9.83. The molecule has 0 saturated heterocycles. The van der Waals surface area contributed by atoms with Gasteiger partial charge in [-0.3, -0.25) is 0 Å². The van der Waals surface area contributed by atoms with Crippen molar-refractivity contribution < 1.29 is 18.7 Å². The lowest BCUT2D eigenvalue weighted by Gasteiger charge is -2.42. The first-order valence-corrected chi connectivity index (χ1v) is 12.2. The summed E-state index contributed by atoms with van der Waals surface area (Å²) >= 11 is 0. The third kappa shape index (κ3) is 4.20. The minimum absolute atomic E-state index is 0.0535. The quantitative estimate of drug-likeness (QED) is 0.552. The van der Waals surface area contributed by atoms with Gasteiger partial charge in [-0.2, -0.15) is 0 Å². The Kier molecular flexibility index (Phi) is 6.02. The molecule has 2 heterocycles. The number of rotatable bonds is 4. The van der Waals surface area contributed by atoms with Gasteiger partial charge >= 0.3 is 5.97 Å². The van der Waals surface area contributed by atoms with E-state index in [1.165, 1.54) is 49.0 Å². The molecule has 5 aliphatic rings. The van der Waals surface area contributed by atoms with Gasteiger partial charge in [-0.25, -0.2) is 13.6 Å². The average Bonchev–Trinajstić information content (AvgIpc) is 3.41. The molecule has 3 unspecified atom stereocenters. The van der Waals surface area contributed by atoms with Gasteiger partial charge in [-0.05, 0) is 62.2 Å². The fraction of sp³-hybridized carbons (Fsp3) is 0.519. The van der Waals surface area contributed by atoms with E-state index in [2.05, 4.69) is 35.4 Å². The molecule has 2 N–H and O–H groups in total. The van der Waals surface area contributed by atoms with Crippen molar-refractivity contribution in [2.24, 2.45) is 11.8 Å². The second kappa shape index (κ2) is 8.96. The van der Waals surface area contributed by atoms with Gasteiger partial charge in [-0.15, -0.1) is 0 Å². The number of nitrogens with one attached hydrogen (secondary N) is 1. The molecule has 4 atom stereocenters. The highest BCUT2D eigenvalue weighted by Crippen LogP contribution is 2.46. The molecule has 0 spiro atoms. The average molecular weight is 455 g/mol. The summed E-state index contributed by atoms with van der Waals surface area (Å²) in [6.45, 7) is 2.99. The maximum absolute atomic E-state index is 15.7. The van der Waals surface area contributed by atoms with Crippen LogP contribution in [0.5, 0.6) is 0 Å². The number of fused-ring (bicyclic) bond motifs is 2. The normalized spacial score (nSPS) is 34.3. The van der Waals surface area contributed by atoms with Gasteiger partial charge < -0.3 is 15.3 Å². The SMILES string of the molecule is C[C@@H]1CC2=C(NC3CC=CC=C23)/C(=C2\C(F)=CC(/C=C/C(=O)O)CC2F)N1CC1CCCC1. The molecule has 0 aromatic rings. The zero-order valence-corrected chi connectivity index (χ0v) is 19.1. The first-order valence-electron chi connectivity index (χ1n) is 12.2. The van der Waals surface area contributed by atoms with E-state index < -0.39 is 23.9 Å². The zero-order valence-electron chi connectivity index (χ0n) is 19.1. The van der Waals surface area contributed by atoms with Crippen molar-refractivity contribution in [3.8, 4) is 0 Å². The number of hydrogen-bond acceptors (Lipinski definition) is 3. The molecule has 3 aliphatic carbocycles. The van der Waals surface area contributed by atoms with Crippen molar-refractivity contribution in [3.63, 3.8) is 0 Å². The second-order valence-electron chi connectivity index (χ2n) is 10.0. The highest BCUT2D eigenvalue weighted by atomic mass is 19.1. The van der Waals surface area contributed by atoms with E-state index in [4.69, 9.17) is 5.11 Å². The van der Waals surface area contributed by atoms with Crippen molar-refractivity contribution >= 4 is 5.97 Å². The van der Waals surface area contributed by atoms with Crippen LogP contribution in [0.15, 0.2) is 70.4 Å². The maximum atomic E-state index is 15.7. The molecule has 4 nitrogen and oxygen atoms in total. The van der Waals surface area contributed by atoms with Crippen molar-refractivity contribution in [1.29, 1.82) is 0 Å². The van der Waals surface area contributed by atoms with E-state index in [0.29, 0.717) is 11.6 Å². The van der Waals surface area contributed by atoms with Gasteiger partial charge in [0.05, 0.1) is 17.4 Å². The van der Waals surface area contributed by atoms with Gasteiger partial charge in [0, 0.05) is 30.2 Å². The van der Waals surface area contributed by atoms with E-state index in [1.54, 1.807) is 0 Å². The monoisotopic (exact) mass is 454 g/mol. The number of hydrogen-bond donors (Lipinski definition) is 2. The Morgan fingerprint density at radius 1 is 1.33 bits per heavy atom. The third-order valence-electron chi connectivity index (χ3n) is 7.76. The Bertz CT molecular complexity index is 1010. The Labute approximate surface area is 194 Å². The summed E-state index contributed by atoms with van der Waals surface area (Å²) in [6, 6.07) is 0.318. The fourth-order valence-electron chi connectivity index (χ4n) is 6.17. The number of nitrogens with zero attached hydrogens (tertiary/aromatic N) is 1. The molecule has 5 rings (SSSR count).